The van der Waals surface area contributed by atoms with Crippen molar-refractivity contribution in [2.45, 2.75) is 56.5 Å². The van der Waals surface area contributed by atoms with Crippen molar-refractivity contribution in [3.8, 4) is 11.8 Å². The maximum absolute atomic E-state index is 12.9. The second kappa shape index (κ2) is 7.63. The summed E-state index contributed by atoms with van der Waals surface area (Å²) in [5, 5.41) is 21.2. The Bertz CT molecular complexity index is 890. The fourth-order valence-corrected chi connectivity index (χ4v) is 4.03. The molecular formula is C21H25N5O2. The van der Waals surface area contributed by atoms with Gasteiger partial charge in [-0.2, -0.15) is 5.26 Å². The van der Waals surface area contributed by atoms with Crippen LogP contribution in [0.25, 0.3) is 0 Å². The van der Waals surface area contributed by atoms with Crippen molar-refractivity contribution < 1.29 is 9.53 Å². The summed E-state index contributed by atoms with van der Waals surface area (Å²) in [6.45, 7) is 0. The molecule has 7 nitrogen and oxygen atoms in total. The van der Waals surface area contributed by atoms with Gasteiger partial charge in [0, 0.05) is 5.56 Å². The van der Waals surface area contributed by atoms with Gasteiger partial charge in [0.25, 0.3) is 5.91 Å². The lowest BCUT2D eigenvalue weighted by atomic mass is 9.82. The van der Waals surface area contributed by atoms with Crippen LogP contribution in [-0.4, -0.2) is 28.0 Å². The zero-order chi connectivity index (χ0) is 19.6. The van der Waals surface area contributed by atoms with Gasteiger partial charge in [-0.05, 0) is 49.8 Å². The van der Waals surface area contributed by atoms with Gasteiger partial charge in [0.2, 0.25) is 0 Å². The minimum atomic E-state index is -0.542. The third kappa shape index (κ3) is 3.59. The standard InChI is InChI=1S/C21H25N5O2/c1-28-17-9-5-8-16(12-17)20(27)23-19(15-6-3-2-4-7-15)18-13-26(25-24-18)21(14-22)10-11-21/h5,8-9,12-13,15,19H,2-4,6-7,10-11H2,1H3,(H,23,27)/t19-/m0/s1. The number of hydrogen-bond acceptors (Lipinski definition) is 5. The maximum Gasteiger partial charge on any atom is 0.251 e. The highest BCUT2D eigenvalue weighted by Gasteiger charge is 2.47. The zero-order valence-corrected chi connectivity index (χ0v) is 16.1. The van der Waals surface area contributed by atoms with Gasteiger partial charge >= 0.3 is 0 Å². The van der Waals surface area contributed by atoms with E-state index in [1.165, 1.54) is 6.42 Å². The molecule has 0 unspecified atom stereocenters. The Morgan fingerprint density at radius 1 is 1.36 bits per heavy atom. The highest BCUT2D eigenvalue weighted by atomic mass is 16.5. The molecule has 1 amide bonds. The molecule has 2 saturated carbocycles. The summed E-state index contributed by atoms with van der Waals surface area (Å²) < 4.78 is 6.91. The summed E-state index contributed by atoms with van der Waals surface area (Å²) in [5.74, 6) is 0.827. The fraction of sp³-hybridized carbons (Fsp3) is 0.524. The number of aromatic nitrogens is 3. The van der Waals surface area contributed by atoms with E-state index in [1.807, 2.05) is 18.3 Å². The van der Waals surface area contributed by atoms with Crippen LogP contribution in [0.15, 0.2) is 30.5 Å². The van der Waals surface area contributed by atoms with Gasteiger partial charge in [-0.25, -0.2) is 4.68 Å². The summed E-state index contributed by atoms with van der Waals surface area (Å²) in [4.78, 5) is 12.9. The number of methoxy groups -OCH3 is 1. The van der Waals surface area contributed by atoms with Crippen LogP contribution in [0.1, 0.15) is 67.0 Å². The van der Waals surface area contributed by atoms with E-state index in [4.69, 9.17) is 4.74 Å². The Kier molecular flexibility index (Phi) is 5.03. The molecule has 0 aliphatic heterocycles. The fourth-order valence-electron chi connectivity index (χ4n) is 4.03. The molecule has 0 saturated heterocycles. The SMILES string of the molecule is COc1cccc(C(=O)N[C@H](c2cn(C3(C#N)CC3)nn2)C2CCCCC2)c1. The molecule has 0 spiro atoms. The third-order valence-corrected chi connectivity index (χ3v) is 5.94. The topological polar surface area (TPSA) is 92.8 Å². The number of nitrogens with one attached hydrogen (secondary N) is 1. The second-order valence-electron chi connectivity index (χ2n) is 7.81. The number of rotatable bonds is 6. The molecule has 146 valence electrons. The number of ether oxygens (including phenoxy) is 1. The smallest absolute Gasteiger partial charge is 0.251 e. The number of nitrogens with zero attached hydrogens (tertiary/aromatic N) is 4. The average molecular weight is 379 g/mol. The van der Waals surface area contributed by atoms with E-state index >= 15 is 0 Å². The van der Waals surface area contributed by atoms with Crippen molar-refractivity contribution in [1.29, 1.82) is 5.26 Å². The van der Waals surface area contributed by atoms with Crippen LogP contribution in [0.3, 0.4) is 0 Å². The van der Waals surface area contributed by atoms with Gasteiger partial charge in [0.15, 0.2) is 5.54 Å². The Morgan fingerprint density at radius 3 is 2.82 bits per heavy atom. The van der Waals surface area contributed by atoms with Gasteiger partial charge < -0.3 is 10.1 Å². The molecule has 1 aromatic heterocycles. The largest absolute Gasteiger partial charge is 0.497 e. The summed E-state index contributed by atoms with van der Waals surface area (Å²) in [5.41, 5.74) is 0.757. The quantitative estimate of drug-likeness (QED) is 0.831. The molecule has 2 fully saturated rings. The number of benzene rings is 1. The number of nitriles is 1. The van der Waals surface area contributed by atoms with Crippen molar-refractivity contribution in [2.75, 3.05) is 7.11 Å². The van der Waals surface area contributed by atoms with Crippen LogP contribution in [-0.2, 0) is 5.54 Å². The van der Waals surface area contributed by atoms with E-state index < -0.39 is 5.54 Å². The summed E-state index contributed by atoms with van der Waals surface area (Å²) in [6.07, 6.45) is 9.11. The van der Waals surface area contributed by atoms with Gasteiger partial charge in [-0.1, -0.05) is 30.5 Å². The lowest BCUT2D eigenvalue weighted by Crippen LogP contribution is -2.34. The Morgan fingerprint density at radius 2 is 2.14 bits per heavy atom. The highest BCUT2D eigenvalue weighted by Crippen LogP contribution is 2.43. The van der Waals surface area contributed by atoms with E-state index in [9.17, 15) is 10.1 Å². The van der Waals surface area contributed by atoms with Crippen LogP contribution in [0, 0.1) is 17.2 Å². The van der Waals surface area contributed by atoms with Crippen LogP contribution in [0.4, 0.5) is 0 Å². The average Bonchev–Trinajstić information content (AvgIpc) is 3.41. The number of carbonyl (C=O) groups excluding carboxylic acids is 1. The maximum atomic E-state index is 12.9. The van der Waals surface area contributed by atoms with Crippen LogP contribution >= 0.6 is 0 Å². The summed E-state index contributed by atoms with van der Waals surface area (Å²) in [7, 11) is 1.59. The first-order valence-electron chi connectivity index (χ1n) is 9.94. The first-order chi connectivity index (χ1) is 13.6. The van der Waals surface area contributed by atoms with E-state index in [-0.39, 0.29) is 11.9 Å². The Hall–Kier alpha value is -2.88. The molecule has 28 heavy (non-hydrogen) atoms. The lowest BCUT2D eigenvalue weighted by Gasteiger charge is -2.29. The molecule has 4 rings (SSSR count). The van der Waals surface area contributed by atoms with Crippen molar-refractivity contribution in [3.63, 3.8) is 0 Å². The highest BCUT2D eigenvalue weighted by molar-refractivity contribution is 5.94. The molecule has 1 atom stereocenters. The van der Waals surface area contributed by atoms with E-state index in [1.54, 1.807) is 23.9 Å². The molecular weight excluding hydrogens is 354 g/mol. The van der Waals surface area contributed by atoms with Crippen molar-refractivity contribution in [1.82, 2.24) is 20.3 Å². The molecule has 0 bridgehead atoms. The van der Waals surface area contributed by atoms with Gasteiger partial charge in [-0.3, -0.25) is 4.79 Å². The molecule has 1 heterocycles. The lowest BCUT2D eigenvalue weighted by molar-refractivity contribution is 0.0910. The summed E-state index contributed by atoms with van der Waals surface area (Å²) in [6, 6.07) is 9.27. The predicted octanol–water partition coefficient (Wildman–Crippen LogP) is 3.35. The number of carbonyl (C=O) groups is 1. The first kappa shape index (κ1) is 18.5. The molecule has 7 heteroatoms. The number of amides is 1. The van der Waals surface area contributed by atoms with Gasteiger partial charge in [0.1, 0.15) is 11.4 Å². The second-order valence-corrected chi connectivity index (χ2v) is 7.81. The van der Waals surface area contributed by atoms with Crippen LogP contribution < -0.4 is 10.1 Å². The molecule has 2 aliphatic rings. The zero-order valence-electron chi connectivity index (χ0n) is 16.1. The van der Waals surface area contributed by atoms with Crippen molar-refractivity contribution in [2.24, 2.45) is 5.92 Å². The minimum Gasteiger partial charge on any atom is -0.497 e. The molecule has 1 N–H and O–H groups in total. The molecule has 1 aromatic carbocycles. The van der Waals surface area contributed by atoms with E-state index in [0.29, 0.717) is 17.2 Å². The summed E-state index contributed by atoms with van der Waals surface area (Å²) >= 11 is 0. The predicted molar refractivity (Wildman–Crippen MR) is 103 cm³/mol. The number of hydrogen-bond donors (Lipinski definition) is 1. The van der Waals surface area contributed by atoms with Crippen LogP contribution in [0.5, 0.6) is 5.75 Å². The Balaban J connectivity index is 1.59. The molecule has 2 aliphatic carbocycles. The van der Waals surface area contributed by atoms with Gasteiger partial charge in [-0.15, -0.1) is 5.10 Å². The van der Waals surface area contributed by atoms with Crippen molar-refractivity contribution >= 4 is 5.91 Å². The van der Waals surface area contributed by atoms with Gasteiger partial charge in [0.05, 0.1) is 25.4 Å². The third-order valence-electron chi connectivity index (χ3n) is 5.94. The van der Waals surface area contributed by atoms with E-state index in [0.717, 1.165) is 44.2 Å². The van der Waals surface area contributed by atoms with E-state index in [2.05, 4.69) is 21.7 Å². The molecule has 0 radical (unpaired) electrons. The monoisotopic (exact) mass is 379 g/mol. The first-order valence-corrected chi connectivity index (χ1v) is 9.94. The van der Waals surface area contributed by atoms with Crippen LogP contribution in [0.2, 0.25) is 0 Å². The van der Waals surface area contributed by atoms with Crippen molar-refractivity contribution in [3.05, 3.63) is 41.7 Å². The normalized spacial score (nSPS) is 19.4. The minimum absolute atomic E-state index is 0.148. The molecule has 2 aromatic rings. The Labute approximate surface area is 164 Å².